The van der Waals surface area contributed by atoms with Gasteiger partial charge in [-0.1, -0.05) is 37.3 Å². The maximum absolute atomic E-state index is 13.3. The Morgan fingerprint density at radius 3 is 2.42 bits per heavy atom. The number of carbonyl (C=O) groups excluding carboxylic acids is 1. The number of rotatable bonds is 2. The van der Waals surface area contributed by atoms with Crippen molar-refractivity contribution in [3.05, 3.63) is 89.0 Å². The topological polar surface area (TPSA) is 115 Å². The highest BCUT2D eigenvalue weighted by molar-refractivity contribution is 7.92. The zero-order valence-corrected chi connectivity index (χ0v) is 20.9. The van der Waals surface area contributed by atoms with E-state index < -0.39 is 10.0 Å². The Kier molecular flexibility index (Phi) is 6.03. The number of primary amides is 1. The van der Waals surface area contributed by atoms with Gasteiger partial charge in [-0.3, -0.25) is 0 Å². The summed E-state index contributed by atoms with van der Waals surface area (Å²) in [7, 11) is -4.05. The second-order valence-electron chi connectivity index (χ2n) is 8.62. The van der Waals surface area contributed by atoms with Crippen molar-refractivity contribution in [1.29, 1.82) is 0 Å². The van der Waals surface area contributed by atoms with Crippen molar-refractivity contribution in [3.8, 4) is 22.9 Å². The monoisotopic (exact) mass is 501 g/mol. The van der Waals surface area contributed by atoms with E-state index in [0.29, 0.717) is 29.1 Å². The van der Waals surface area contributed by atoms with Crippen LogP contribution in [0.15, 0.2) is 71.6 Å². The molecule has 0 unspecified atom stereocenters. The lowest BCUT2D eigenvalue weighted by molar-refractivity contribution is -0.464. The number of benzene rings is 3. The maximum atomic E-state index is 13.3. The summed E-state index contributed by atoms with van der Waals surface area (Å²) in [5.41, 5.74) is 5.08. The van der Waals surface area contributed by atoms with Gasteiger partial charge in [0.25, 0.3) is 10.0 Å². The van der Waals surface area contributed by atoms with Crippen LogP contribution in [0, 0.1) is 13.8 Å². The van der Waals surface area contributed by atoms with Crippen LogP contribution in [0.3, 0.4) is 0 Å². The number of nitrogens with zero attached hydrogens (tertiary/aromatic N) is 2. The molecular weight excluding hydrogens is 476 g/mol. The summed E-state index contributed by atoms with van der Waals surface area (Å²) in [5.74, 6) is 0.269. The van der Waals surface area contributed by atoms with Crippen molar-refractivity contribution in [1.82, 2.24) is 9.97 Å². The Balaban J connectivity index is 1.79. The molecule has 5 rings (SSSR count). The average molecular weight is 502 g/mol. The van der Waals surface area contributed by atoms with E-state index in [1.165, 1.54) is 17.4 Å². The Bertz CT molecular complexity index is 1600. The minimum absolute atomic E-state index is 0.00545. The van der Waals surface area contributed by atoms with Crippen molar-refractivity contribution < 1.29 is 23.3 Å². The van der Waals surface area contributed by atoms with E-state index in [4.69, 9.17) is 4.74 Å². The molecule has 1 amide bonds. The lowest BCUT2D eigenvalue weighted by atomic mass is 9.96. The lowest BCUT2D eigenvalue weighted by Gasteiger charge is -2.18. The van der Waals surface area contributed by atoms with E-state index in [1.54, 1.807) is 36.4 Å². The first kappa shape index (κ1) is 23.7. The van der Waals surface area contributed by atoms with Gasteiger partial charge in [-0.05, 0) is 61.7 Å². The summed E-state index contributed by atoms with van der Waals surface area (Å²) in [6.07, 6.45) is 0.542. The molecule has 9 heteroatoms. The number of amides is 1. The molecular formula is C27H25N4O4S+. The summed E-state index contributed by atoms with van der Waals surface area (Å²) in [4.78, 5) is 22.1. The molecule has 0 radical (unpaired) electrons. The number of aromatic nitrogens is 2. The van der Waals surface area contributed by atoms with Crippen LogP contribution in [-0.2, 0) is 16.4 Å². The highest BCUT2D eigenvalue weighted by Gasteiger charge is 2.24. The number of sulfonamides is 1. The molecule has 0 saturated heterocycles. The summed E-state index contributed by atoms with van der Waals surface area (Å²) in [6.45, 7) is 5.93. The number of ether oxygens (including phenoxy) is 1. The summed E-state index contributed by atoms with van der Waals surface area (Å²) < 4.78 is 35.3. The van der Waals surface area contributed by atoms with Crippen LogP contribution in [-0.4, -0.2) is 24.3 Å². The zero-order chi connectivity index (χ0) is 25.4. The number of nitrogens with two attached hydrogens (primary N) is 1. The fourth-order valence-corrected chi connectivity index (χ4v) is 5.32. The molecule has 0 saturated carbocycles. The van der Waals surface area contributed by atoms with Gasteiger partial charge in [0, 0.05) is 17.2 Å². The number of fused-ring (bicyclic) bond motifs is 6. The molecule has 6 bridgehead atoms. The third-order valence-electron chi connectivity index (χ3n) is 6.07. The van der Waals surface area contributed by atoms with Gasteiger partial charge in [0.15, 0.2) is 0 Å². The number of hydrogen-bond donors (Lipinski definition) is 2. The molecule has 182 valence electrons. The van der Waals surface area contributed by atoms with Crippen LogP contribution in [0.4, 0.5) is 11.6 Å². The van der Waals surface area contributed by atoms with Crippen LogP contribution in [0.1, 0.15) is 34.0 Å². The molecule has 4 aromatic rings. The quantitative estimate of drug-likeness (QED) is 0.397. The Hall–Kier alpha value is -4.08. The van der Waals surface area contributed by atoms with E-state index >= 15 is 0 Å². The molecule has 1 aliphatic heterocycles. The zero-order valence-electron chi connectivity index (χ0n) is 20.1. The molecule has 8 nitrogen and oxygen atoms in total. The number of anilines is 1. The van der Waals surface area contributed by atoms with Gasteiger partial charge in [-0.25, -0.2) is 28.2 Å². The van der Waals surface area contributed by atoms with E-state index in [1.807, 2.05) is 39.0 Å². The number of carbonyl (C=O) groups is 1. The van der Waals surface area contributed by atoms with Gasteiger partial charge in [0.05, 0.1) is 16.2 Å². The van der Waals surface area contributed by atoms with Crippen LogP contribution in [0.25, 0.3) is 11.3 Å². The summed E-state index contributed by atoms with van der Waals surface area (Å²) in [6, 6.07) is 18.9. The maximum Gasteiger partial charge on any atom is 0.347 e. The van der Waals surface area contributed by atoms with Crippen molar-refractivity contribution in [2.24, 2.45) is 0 Å². The normalized spacial score (nSPS) is 14.4. The number of aryl methyl sites for hydroxylation is 2. The molecule has 2 heterocycles. The third-order valence-corrected chi connectivity index (χ3v) is 7.39. The Morgan fingerprint density at radius 1 is 0.944 bits per heavy atom. The number of nitrogens with one attached hydrogen (secondary N) is 1. The van der Waals surface area contributed by atoms with Gasteiger partial charge in [0.1, 0.15) is 11.4 Å². The second kappa shape index (κ2) is 9.18. The molecule has 0 atom stereocenters. The van der Waals surface area contributed by atoms with Crippen molar-refractivity contribution in [2.75, 3.05) is 4.72 Å². The van der Waals surface area contributed by atoms with E-state index in [9.17, 15) is 13.2 Å². The first-order valence-corrected chi connectivity index (χ1v) is 13.0. The molecule has 0 spiro atoms. The summed E-state index contributed by atoms with van der Waals surface area (Å²) >= 11 is 0. The summed E-state index contributed by atoms with van der Waals surface area (Å²) in [5, 5.41) is 1.40. The standard InChI is InChI=1S/C27H24N4O4S/c1-4-22-24(23-16(2)8-5-9-17(23)3)29-27-30-26(22)35-20-12-6-10-18(14-20)25(32)28-19-11-7-13-21(15-19)36(33,34)31-27/h5-15H,4H2,1-3H3,(H,28,32)(H,29,30,31)/p+1. The van der Waals surface area contributed by atoms with Crippen LogP contribution in [0.5, 0.6) is 11.6 Å². The highest BCUT2D eigenvalue weighted by atomic mass is 32.2. The van der Waals surface area contributed by atoms with Crippen molar-refractivity contribution in [3.63, 3.8) is 0 Å². The van der Waals surface area contributed by atoms with Gasteiger partial charge < -0.3 is 4.74 Å². The largest absolute Gasteiger partial charge is 0.439 e. The predicted octanol–water partition coefficient (Wildman–Crippen LogP) is 4.26. The van der Waals surface area contributed by atoms with Gasteiger partial charge in [0.2, 0.25) is 11.8 Å². The SMILES string of the molecule is CCc1c2nc(nc1-c1c(C)cccc1C)NS(=O)(=O)c1cccc(c1)[NH2+]C(=O)c1cccc(c1)O2. The fraction of sp³-hybridized carbons (Fsp3) is 0.148. The minimum atomic E-state index is -4.05. The first-order valence-electron chi connectivity index (χ1n) is 11.5. The Morgan fingerprint density at radius 2 is 1.67 bits per heavy atom. The molecule has 0 fully saturated rings. The highest BCUT2D eigenvalue weighted by Crippen LogP contribution is 2.36. The predicted molar refractivity (Wildman–Crippen MR) is 136 cm³/mol. The molecule has 0 aliphatic carbocycles. The van der Waals surface area contributed by atoms with E-state index in [0.717, 1.165) is 22.3 Å². The molecule has 36 heavy (non-hydrogen) atoms. The molecule has 1 aromatic heterocycles. The van der Waals surface area contributed by atoms with Crippen LogP contribution < -0.4 is 14.8 Å². The van der Waals surface area contributed by atoms with Crippen molar-refractivity contribution in [2.45, 2.75) is 32.1 Å². The van der Waals surface area contributed by atoms with Crippen molar-refractivity contribution >= 4 is 27.6 Å². The average Bonchev–Trinajstić information content (AvgIpc) is 2.83. The van der Waals surface area contributed by atoms with E-state index in [2.05, 4.69) is 14.7 Å². The molecule has 1 aliphatic rings. The molecule has 3 aromatic carbocycles. The number of quaternary nitrogens is 1. The third kappa shape index (κ3) is 4.46. The second-order valence-corrected chi connectivity index (χ2v) is 10.3. The van der Waals surface area contributed by atoms with Crippen LogP contribution >= 0.6 is 0 Å². The Labute approximate surface area is 209 Å². The fourth-order valence-electron chi connectivity index (χ4n) is 4.32. The van der Waals surface area contributed by atoms with Gasteiger partial charge >= 0.3 is 5.91 Å². The lowest BCUT2D eigenvalue weighted by Crippen LogP contribution is -2.82. The van der Waals surface area contributed by atoms with Gasteiger partial charge in [-0.15, -0.1) is 0 Å². The number of hydrogen-bond acceptors (Lipinski definition) is 6. The van der Waals surface area contributed by atoms with Crippen LogP contribution in [0.2, 0.25) is 0 Å². The van der Waals surface area contributed by atoms with Gasteiger partial charge in [-0.2, -0.15) is 4.98 Å². The molecule has 3 N–H and O–H groups in total. The van der Waals surface area contributed by atoms with E-state index in [-0.39, 0.29) is 22.6 Å². The smallest absolute Gasteiger partial charge is 0.347 e. The minimum Gasteiger partial charge on any atom is -0.439 e. The first-order chi connectivity index (χ1) is 17.2.